The minimum atomic E-state index is 0.293. The van der Waals surface area contributed by atoms with E-state index < -0.39 is 0 Å². The standard InChI is InChI=1S/C21H28N4O/c1-4-11-22-14-19-10-9-18(13-23-19)21-25-24-20(26-21)17-7-5-16(6-8-17)12-15(2)3/h5-10,13,15,19,22-23H,4,11-12,14H2,1-3H3. The first-order valence-electron chi connectivity index (χ1n) is 9.44. The highest BCUT2D eigenvalue weighted by Crippen LogP contribution is 2.23. The summed E-state index contributed by atoms with van der Waals surface area (Å²) in [6, 6.07) is 8.66. The number of allylic oxidation sites excluding steroid dienone is 2. The lowest BCUT2D eigenvalue weighted by Gasteiger charge is -2.17. The Hall–Kier alpha value is -2.40. The average molecular weight is 352 g/mol. The molecule has 0 aliphatic carbocycles. The van der Waals surface area contributed by atoms with Crippen LogP contribution in [0.15, 0.2) is 47.0 Å². The van der Waals surface area contributed by atoms with E-state index in [1.807, 2.05) is 24.4 Å². The third-order valence-electron chi connectivity index (χ3n) is 4.27. The van der Waals surface area contributed by atoms with Crippen LogP contribution in [0.4, 0.5) is 0 Å². The lowest BCUT2D eigenvalue weighted by Crippen LogP contribution is -2.36. The molecule has 0 spiro atoms. The van der Waals surface area contributed by atoms with Crippen molar-refractivity contribution >= 4 is 5.57 Å². The maximum atomic E-state index is 5.87. The third kappa shape index (κ3) is 4.82. The molecule has 1 aliphatic heterocycles. The van der Waals surface area contributed by atoms with Gasteiger partial charge in [0.25, 0.3) is 0 Å². The first-order valence-corrected chi connectivity index (χ1v) is 9.44. The average Bonchev–Trinajstić information content (AvgIpc) is 3.13. The van der Waals surface area contributed by atoms with E-state index in [0.29, 0.717) is 23.7 Å². The molecule has 1 atom stereocenters. The predicted molar refractivity (Wildman–Crippen MR) is 105 cm³/mol. The zero-order chi connectivity index (χ0) is 18.4. The van der Waals surface area contributed by atoms with Gasteiger partial charge in [-0.05, 0) is 49.1 Å². The van der Waals surface area contributed by atoms with E-state index in [2.05, 4.69) is 59.8 Å². The van der Waals surface area contributed by atoms with Crippen molar-refractivity contribution in [1.82, 2.24) is 20.8 Å². The lowest BCUT2D eigenvalue weighted by molar-refractivity contribution is 0.550. The summed E-state index contributed by atoms with van der Waals surface area (Å²) in [4.78, 5) is 0. The van der Waals surface area contributed by atoms with Gasteiger partial charge in [-0.25, -0.2) is 0 Å². The summed E-state index contributed by atoms with van der Waals surface area (Å²) >= 11 is 0. The second-order valence-corrected chi connectivity index (χ2v) is 7.14. The van der Waals surface area contributed by atoms with Gasteiger partial charge in [0.1, 0.15) is 0 Å². The zero-order valence-corrected chi connectivity index (χ0v) is 15.8. The van der Waals surface area contributed by atoms with Gasteiger partial charge in [-0.2, -0.15) is 0 Å². The van der Waals surface area contributed by atoms with Gasteiger partial charge in [-0.3, -0.25) is 0 Å². The molecule has 1 aromatic carbocycles. The predicted octanol–water partition coefficient (Wildman–Crippen LogP) is 3.80. The van der Waals surface area contributed by atoms with Crippen LogP contribution in [0.1, 0.15) is 38.6 Å². The minimum Gasteiger partial charge on any atom is -0.416 e. The fourth-order valence-corrected chi connectivity index (χ4v) is 2.93. The molecule has 138 valence electrons. The lowest BCUT2D eigenvalue weighted by atomic mass is 10.0. The highest BCUT2D eigenvalue weighted by atomic mass is 16.4. The van der Waals surface area contributed by atoms with Crippen molar-refractivity contribution in [2.75, 3.05) is 13.1 Å². The number of dihydropyridines is 1. The van der Waals surface area contributed by atoms with Crippen LogP contribution < -0.4 is 10.6 Å². The van der Waals surface area contributed by atoms with Crippen molar-refractivity contribution in [2.45, 2.75) is 39.7 Å². The monoisotopic (exact) mass is 352 g/mol. The molecule has 1 unspecified atom stereocenters. The van der Waals surface area contributed by atoms with Crippen LogP contribution in [-0.4, -0.2) is 29.3 Å². The van der Waals surface area contributed by atoms with Crippen molar-refractivity contribution in [3.8, 4) is 11.5 Å². The Kier molecular flexibility index (Phi) is 6.23. The quantitative estimate of drug-likeness (QED) is 0.708. The van der Waals surface area contributed by atoms with Crippen molar-refractivity contribution in [3.63, 3.8) is 0 Å². The molecule has 0 fully saturated rings. The van der Waals surface area contributed by atoms with E-state index >= 15 is 0 Å². The Morgan fingerprint density at radius 3 is 2.58 bits per heavy atom. The molecular weight excluding hydrogens is 324 g/mol. The van der Waals surface area contributed by atoms with Crippen LogP contribution in [0.2, 0.25) is 0 Å². The van der Waals surface area contributed by atoms with Gasteiger partial charge in [-0.1, -0.05) is 39.0 Å². The van der Waals surface area contributed by atoms with Crippen molar-refractivity contribution in [1.29, 1.82) is 0 Å². The second kappa shape index (κ2) is 8.81. The molecular formula is C21H28N4O. The highest BCUT2D eigenvalue weighted by Gasteiger charge is 2.15. The van der Waals surface area contributed by atoms with Gasteiger partial charge in [0.05, 0.1) is 11.6 Å². The SMILES string of the molecule is CCCNCC1C=CC(c2nnc(-c3ccc(CC(C)C)cc3)o2)=CN1. The van der Waals surface area contributed by atoms with E-state index in [1.54, 1.807) is 0 Å². The molecule has 2 aromatic rings. The van der Waals surface area contributed by atoms with Crippen LogP contribution in [-0.2, 0) is 6.42 Å². The van der Waals surface area contributed by atoms with Gasteiger partial charge >= 0.3 is 0 Å². The van der Waals surface area contributed by atoms with E-state index in [-0.39, 0.29) is 0 Å². The summed E-state index contributed by atoms with van der Waals surface area (Å²) in [5.74, 6) is 1.74. The number of nitrogens with one attached hydrogen (secondary N) is 2. The Bertz CT molecular complexity index is 759. The highest BCUT2D eigenvalue weighted by molar-refractivity contribution is 5.70. The van der Waals surface area contributed by atoms with Crippen LogP contribution in [0.25, 0.3) is 17.0 Å². The Labute approximate surface area is 155 Å². The number of rotatable bonds is 8. The van der Waals surface area contributed by atoms with E-state index in [0.717, 1.165) is 37.1 Å². The molecule has 1 aromatic heterocycles. The molecule has 1 aliphatic rings. The molecule has 3 rings (SSSR count). The van der Waals surface area contributed by atoms with Crippen LogP contribution >= 0.6 is 0 Å². The summed E-state index contributed by atoms with van der Waals surface area (Å²) in [5, 5.41) is 15.2. The topological polar surface area (TPSA) is 63.0 Å². The molecule has 5 nitrogen and oxygen atoms in total. The smallest absolute Gasteiger partial charge is 0.249 e. The molecule has 0 bridgehead atoms. The summed E-state index contributed by atoms with van der Waals surface area (Å²) < 4.78 is 5.87. The summed E-state index contributed by atoms with van der Waals surface area (Å²) in [6.45, 7) is 8.56. The summed E-state index contributed by atoms with van der Waals surface area (Å²) in [6.07, 6.45) is 8.33. The maximum absolute atomic E-state index is 5.87. The molecule has 26 heavy (non-hydrogen) atoms. The second-order valence-electron chi connectivity index (χ2n) is 7.14. The number of hydrogen-bond acceptors (Lipinski definition) is 5. The molecule has 0 radical (unpaired) electrons. The molecule has 2 heterocycles. The van der Waals surface area contributed by atoms with Gasteiger partial charge in [0.2, 0.25) is 11.8 Å². The first kappa shape index (κ1) is 18.4. The fraction of sp³-hybridized carbons (Fsp3) is 0.429. The molecule has 2 N–H and O–H groups in total. The van der Waals surface area contributed by atoms with Gasteiger partial charge in [0.15, 0.2) is 0 Å². The van der Waals surface area contributed by atoms with Crippen LogP contribution in [0.5, 0.6) is 0 Å². The summed E-state index contributed by atoms with van der Waals surface area (Å²) in [5.41, 5.74) is 3.19. The van der Waals surface area contributed by atoms with Gasteiger partial charge < -0.3 is 15.1 Å². The molecule has 0 saturated carbocycles. The van der Waals surface area contributed by atoms with E-state index in [9.17, 15) is 0 Å². The molecule has 5 heteroatoms. The summed E-state index contributed by atoms with van der Waals surface area (Å²) in [7, 11) is 0. The van der Waals surface area contributed by atoms with E-state index in [1.165, 1.54) is 5.56 Å². The number of nitrogens with zero attached hydrogens (tertiary/aromatic N) is 2. The Balaban J connectivity index is 1.62. The van der Waals surface area contributed by atoms with Crippen molar-refractivity contribution in [3.05, 3.63) is 54.1 Å². The van der Waals surface area contributed by atoms with Crippen LogP contribution in [0, 0.1) is 5.92 Å². The fourth-order valence-electron chi connectivity index (χ4n) is 2.93. The first-order chi connectivity index (χ1) is 12.7. The van der Waals surface area contributed by atoms with Gasteiger partial charge in [-0.15, -0.1) is 10.2 Å². The normalized spacial score (nSPS) is 16.6. The number of hydrogen-bond donors (Lipinski definition) is 2. The molecule has 0 saturated heterocycles. The number of benzene rings is 1. The van der Waals surface area contributed by atoms with E-state index in [4.69, 9.17) is 4.42 Å². The molecule has 0 amide bonds. The van der Waals surface area contributed by atoms with Crippen molar-refractivity contribution < 1.29 is 4.42 Å². The Morgan fingerprint density at radius 2 is 1.92 bits per heavy atom. The van der Waals surface area contributed by atoms with Crippen LogP contribution in [0.3, 0.4) is 0 Å². The zero-order valence-electron chi connectivity index (χ0n) is 15.8. The maximum Gasteiger partial charge on any atom is 0.249 e. The minimum absolute atomic E-state index is 0.293. The van der Waals surface area contributed by atoms with Crippen molar-refractivity contribution in [2.24, 2.45) is 5.92 Å². The largest absolute Gasteiger partial charge is 0.416 e. The van der Waals surface area contributed by atoms with Gasteiger partial charge in [0, 0.05) is 18.3 Å². The number of aromatic nitrogens is 2. The third-order valence-corrected chi connectivity index (χ3v) is 4.27. The Morgan fingerprint density at radius 1 is 1.15 bits per heavy atom.